The fourth-order valence-electron chi connectivity index (χ4n) is 5.39. The molecule has 2 N–H and O–H groups in total. The van der Waals surface area contributed by atoms with E-state index in [4.69, 9.17) is 9.84 Å². The van der Waals surface area contributed by atoms with Crippen molar-refractivity contribution in [2.45, 2.75) is 193 Å². The second kappa shape index (κ2) is 35.5. The summed E-state index contributed by atoms with van der Waals surface area (Å²) in [4.78, 5) is 34.8. The SMILES string of the molecule is CCCCC/C=C\C/C=C\CCCCCCCCCC(=O)OC(/C=C\CCCCCCCC)CCCCCCC(=O)NCC(=O)O. The number of carbonyl (C=O) groups is 3. The van der Waals surface area contributed by atoms with Gasteiger partial charge in [-0.25, -0.2) is 0 Å². The van der Waals surface area contributed by atoms with Crippen molar-refractivity contribution < 1.29 is 24.2 Å². The summed E-state index contributed by atoms with van der Waals surface area (Å²) in [6.07, 6.45) is 42.7. The summed E-state index contributed by atoms with van der Waals surface area (Å²) >= 11 is 0. The van der Waals surface area contributed by atoms with E-state index in [1.54, 1.807) is 0 Å². The van der Waals surface area contributed by atoms with Crippen LogP contribution in [0.25, 0.3) is 0 Å². The van der Waals surface area contributed by atoms with Crippen LogP contribution in [0.1, 0.15) is 187 Å². The highest BCUT2D eigenvalue weighted by Gasteiger charge is 2.12. The molecular weight excluding hydrogens is 574 g/mol. The first-order valence-corrected chi connectivity index (χ1v) is 19.1. The minimum atomic E-state index is -1.03. The molecule has 0 aliphatic carbocycles. The second-order valence-electron chi connectivity index (χ2n) is 12.8. The van der Waals surface area contributed by atoms with Crippen molar-refractivity contribution in [1.82, 2.24) is 5.32 Å². The molecule has 0 saturated heterocycles. The zero-order valence-corrected chi connectivity index (χ0v) is 29.9. The Kier molecular flexibility index (Phi) is 33.7. The molecule has 0 saturated carbocycles. The van der Waals surface area contributed by atoms with Crippen molar-refractivity contribution in [3.63, 3.8) is 0 Å². The molecule has 1 unspecified atom stereocenters. The molecule has 0 aliphatic heterocycles. The minimum Gasteiger partial charge on any atom is -0.480 e. The maximum atomic E-state index is 12.6. The van der Waals surface area contributed by atoms with Gasteiger partial charge in [-0.15, -0.1) is 0 Å². The maximum absolute atomic E-state index is 12.6. The number of hydrogen-bond acceptors (Lipinski definition) is 4. The van der Waals surface area contributed by atoms with Gasteiger partial charge in [0.05, 0.1) is 0 Å². The zero-order valence-electron chi connectivity index (χ0n) is 29.9. The zero-order chi connectivity index (χ0) is 33.8. The Morgan fingerprint density at radius 3 is 1.67 bits per heavy atom. The van der Waals surface area contributed by atoms with Crippen molar-refractivity contribution in [3.8, 4) is 0 Å². The third-order valence-electron chi connectivity index (χ3n) is 8.27. The van der Waals surface area contributed by atoms with E-state index in [0.29, 0.717) is 12.8 Å². The summed E-state index contributed by atoms with van der Waals surface area (Å²) in [6, 6.07) is 0. The number of ether oxygens (including phenoxy) is 1. The van der Waals surface area contributed by atoms with Gasteiger partial charge in [0.2, 0.25) is 5.91 Å². The Bertz CT molecular complexity index is 803. The van der Waals surface area contributed by atoms with E-state index in [9.17, 15) is 14.4 Å². The molecule has 0 radical (unpaired) electrons. The fourth-order valence-corrected chi connectivity index (χ4v) is 5.39. The van der Waals surface area contributed by atoms with Crippen LogP contribution >= 0.6 is 0 Å². The second-order valence-corrected chi connectivity index (χ2v) is 12.8. The van der Waals surface area contributed by atoms with E-state index in [1.165, 1.54) is 103 Å². The molecule has 1 atom stereocenters. The van der Waals surface area contributed by atoms with Crippen LogP contribution in [0.5, 0.6) is 0 Å². The first-order chi connectivity index (χ1) is 22.5. The lowest BCUT2D eigenvalue weighted by Crippen LogP contribution is -2.28. The molecule has 0 bridgehead atoms. The Morgan fingerprint density at radius 2 is 1.07 bits per heavy atom. The number of amides is 1. The quantitative estimate of drug-likeness (QED) is 0.0412. The lowest BCUT2D eigenvalue weighted by Gasteiger charge is -2.15. The summed E-state index contributed by atoms with van der Waals surface area (Å²) in [6.45, 7) is 4.16. The molecule has 6 heteroatoms. The number of hydrogen-bond donors (Lipinski definition) is 2. The van der Waals surface area contributed by atoms with Gasteiger partial charge in [0.1, 0.15) is 12.6 Å². The van der Waals surface area contributed by atoms with Crippen molar-refractivity contribution >= 4 is 17.8 Å². The highest BCUT2D eigenvalue weighted by atomic mass is 16.5. The highest BCUT2D eigenvalue weighted by Crippen LogP contribution is 2.15. The topological polar surface area (TPSA) is 92.7 Å². The normalized spacial score (nSPS) is 12.4. The number of carboxylic acids is 1. The Balaban J connectivity index is 4.12. The van der Waals surface area contributed by atoms with Gasteiger partial charge in [0.25, 0.3) is 0 Å². The monoisotopic (exact) mass is 646 g/mol. The van der Waals surface area contributed by atoms with Gasteiger partial charge < -0.3 is 15.2 Å². The van der Waals surface area contributed by atoms with Gasteiger partial charge in [-0.3, -0.25) is 14.4 Å². The van der Waals surface area contributed by atoms with Crippen molar-refractivity contribution in [2.24, 2.45) is 0 Å². The van der Waals surface area contributed by atoms with E-state index in [-0.39, 0.29) is 24.5 Å². The summed E-state index contributed by atoms with van der Waals surface area (Å²) in [5.41, 5.74) is 0. The van der Waals surface area contributed by atoms with E-state index in [1.807, 2.05) is 0 Å². The van der Waals surface area contributed by atoms with Crippen LogP contribution in [0.15, 0.2) is 36.5 Å². The van der Waals surface area contributed by atoms with Crippen LogP contribution in [0.2, 0.25) is 0 Å². The number of aliphatic carboxylic acids is 1. The van der Waals surface area contributed by atoms with Crippen LogP contribution in [-0.4, -0.2) is 35.6 Å². The van der Waals surface area contributed by atoms with Crippen LogP contribution in [0.3, 0.4) is 0 Å². The van der Waals surface area contributed by atoms with Gasteiger partial charge in [-0.05, 0) is 76.7 Å². The average molecular weight is 646 g/mol. The van der Waals surface area contributed by atoms with Crippen LogP contribution < -0.4 is 5.32 Å². The molecule has 46 heavy (non-hydrogen) atoms. The Hall–Kier alpha value is -2.37. The smallest absolute Gasteiger partial charge is 0.322 e. The number of nitrogens with one attached hydrogen (secondary N) is 1. The molecule has 266 valence electrons. The van der Waals surface area contributed by atoms with E-state index < -0.39 is 5.97 Å². The maximum Gasteiger partial charge on any atom is 0.322 e. The first-order valence-electron chi connectivity index (χ1n) is 19.1. The number of carbonyl (C=O) groups excluding carboxylic acids is 2. The van der Waals surface area contributed by atoms with Gasteiger partial charge >= 0.3 is 11.9 Å². The van der Waals surface area contributed by atoms with Gasteiger partial charge in [0.15, 0.2) is 0 Å². The van der Waals surface area contributed by atoms with Crippen molar-refractivity contribution in [1.29, 1.82) is 0 Å². The van der Waals surface area contributed by atoms with Crippen LogP contribution in [0.4, 0.5) is 0 Å². The summed E-state index contributed by atoms with van der Waals surface area (Å²) in [5, 5.41) is 11.1. The van der Waals surface area contributed by atoms with E-state index in [2.05, 4.69) is 55.6 Å². The third kappa shape index (κ3) is 34.5. The molecule has 0 heterocycles. The fraction of sp³-hybridized carbons (Fsp3) is 0.775. The Labute approximate surface area is 283 Å². The number of carboxylic acid groups (broad SMARTS) is 1. The molecule has 0 fully saturated rings. The summed E-state index contributed by atoms with van der Waals surface area (Å²) in [5.74, 6) is -1.33. The number of esters is 1. The molecule has 0 aliphatic rings. The molecule has 0 rings (SSSR count). The highest BCUT2D eigenvalue weighted by molar-refractivity contribution is 5.80. The Morgan fingerprint density at radius 1 is 0.587 bits per heavy atom. The lowest BCUT2D eigenvalue weighted by molar-refractivity contribution is -0.147. The van der Waals surface area contributed by atoms with E-state index >= 15 is 0 Å². The third-order valence-corrected chi connectivity index (χ3v) is 8.27. The minimum absolute atomic E-state index is 0.0908. The van der Waals surface area contributed by atoms with E-state index in [0.717, 1.165) is 57.8 Å². The predicted octanol–water partition coefficient (Wildman–Crippen LogP) is 11.3. The van der Waals surface area contributed by atoms with Gasteiger partial charge in [0, 0.05) is 12.8 Å². The largest absolute Gasteiger partial charge is 0.480 e. The average Bonchev–Trinajstić information content (AvgIpc) is 3.04. The molecule has 0 aromatic heterocycles. The molecule has 0 spiro atoms. The van der Waals surface area contributed by atoms with Crippen LogP contribution in [0, 0.1) is 0 Å². The first kappa shape index (κ1) is 43.6. The standard InChI is InChI=1S/C40H71NO5/c1-3-5-7-9-11-13-14-15-16-17-18-19-20-21-23-25-31-35-40(45)46-37(32-28-24-22-12-10-8-6-4-2)33-29-26-27-30-34-38(42)41-36-39(43)44/h11,13,15-16,28,32,37H,3-10,12,14,17-27,29-31,33-36H2,1-2H3,(H,41,42)(H,43,44)/b13-11-,16-15-,32-28-. The predicted molar refractivity (Wildman–Crippen MR) is 194 cm³/mol. The van der Waals surface area contributed by atoms with Crippen LogP contribution in [-0.2, 0) is 19.1 Å². The number of allylic oxidation sites excluding steroid dienone is 5. The number of rotatable bonds is 34. The van der Waals surface area contributed by atoms with Gasteiger partial charge in [-0.2, -0.15) is 0 Å². The van der Waals surface area contributed by atoms with Crippen molar-refractivity contribution in [3.05, 3.63) is 36.5 Å². The summed E-state index contributed by atoms with van der Waals surface area (Å²) in [7, 11) is 0. The number of unbranched alkanes of at least 4 members (excludes halogenated alkanes) is 19. The molecule has 6 nitrogen and oxygen atoms in total. The molecular formula is C40H71NO5. The lowest BCUT2D eigenvalue weighted by atomic mass is 10.1. The van der Waals surface area contributed by atoms with Gasteiger partial charge in [-0.1, -0.05) is 134 Å². The molecule has 0 aromatic carbocycles. The molecule has 0 aromatic rings. The summed E-state index contributed by atoms with van der Waals surface area (Å²) < 4.78 is 5.88. The van der Waals surface area contributed by atoms with Crippen molar-refractivity contribution in [2.75, 3.05) is 6.54 Å². The molecule has 1 amide bonds.